The Labute approximate surface area is 93.0 Å². The van der Waals surface area contributed by atoms with E-state index in [0.29, 0.717) is 6.04 Å². The number of fused-ring (bicyclic) bond motifs is 1. The van der Waals surface area contributed by atoms with Crippen molar-refractivity contribution in [2.75, 3.05) is 20.2 Å². The van der Waals surface area contributed by atoms with Crippen LogP contribution in [0.3, 0.4) is 0 Å². The molecule has 14 heavy (non-hydrogen) atoms. The first kappa shape index (κ1) is 9.99. The van der Waals surface area contributed by atoms with Crippen LogP contribution in [0.1, 0.15) is 18.5 Å². The molecule has 0 saturated heterocycles. The summed E-state index contributed by atoms with van der Waals surface area (Å²) in [6.45, 7) is 3.96. The van der Waals surface area contributed by atoms with Crippen LogP contribution in [-0.2, 0) is 0 Å². The summed E-state index contributed by atoms with van der Waals surface area (Å²) in [5.74, 6) is 1.02. The first-order valence-electron chi connectivity index (χ1n) is 4.81. The number of benzene rings is 1. The lowest BCUT2D eigenvalue weighted by molar-refractivity contribution is 0.229. The van der Waals surface area contributed by atoms with Gasteiger partial charge >= 0.3 is 0 Å². The van der Waals surface area contributed by atoms with Crippen LogP contribution in [-0.4, -0.2) is 25.1 Å². The zero-order valence-corrected chi connectivity index (χ0v) is 10.0. The molecule has 1 heterocycles. The Kier molecular flexibility index (Phi) is 2.79. The lowest BCUT2D eigenvalue weighted by Gasteiger charge is -2.21. The normalized spacial score (nSPS) is 22.4. The third-order valence-electron chi connectivity index (χ3n) is 2.78. The van der Waals surface area contributed by atoms with Gasteiger partial charge in [0.15, 0.2) is 0 Å². The molecule has 3 heteroatoms. The average Bonchev–Trinajstić information content (AvgIpc) is 2.30. The van der Waals surface area contributed by atoms with E-state index in [4.69, 9.17) is 4.74 Å². The molecule has 1 aromatic carbocycles. The van der Waals surface area contributed by atoms with Gasteiger partial charge in [-0.05, 0) is 32.2 Å². The molecule has 0 aliphatic carbocycles. The Balaban J connectivity index is 2.44. The quantitative estimate of drug-likeness (QED) is 0.707. The summed E-state index contributed by atoms with van der Waals surface area (Å²) < 4.78 is 6.79. The highest BCUT2D eigenvalue weighted by Gasteiger charge is 2.19. The summed E-state index contributed by atoms with van der Waals surface area (Å²) in [6, 6.07) is 6.62. The van der Waals surface area contributed by atoms with Gasteiger partial charge in [-0.25, -0.2) is 0 Å². The van der Waals surface area contributed by atoms with E-state index in [9.17, 15) is 0 Å². The van der Waals surface area contributed by atoms with Gasteiger partial charge in [-0.15, -0.1) is 0 Å². The molecule has 0 N–H and O–H groups in total. The fraction of sp³-hybridized carbons (Fsp3) is 0.455. The van der Waals surface area contributed by atoms with E-state index < -0.39 is 0 Å². The molecule has 1 aliphatic heterocycles. The maximum Gasteiger partial charge on any atom is 0.124 e. The average molecular weight is 256 g/mol. The second-order valence-electron chi connectivity index (χ2n) is 3.69. The largest absolute Gasteiger partial charge is 0.492 e. The van der Waals surface area contributed by atoms with Crippen LogP contribution in [0.4, 0.5) is 0 Å². The molecule has 1 unspecified atom stereocenters. The van der Waals surface area contributed by atoms with Gasteiger partial charge in [0.25, 0.3) is 0 Å². The highest BCUT2D eigenvalue weighted by molar-refractivity contribution is 9.10. The lowest BCUT2D eigenvalue weighted by Crippen LogP contribution is -2.24. The van der Waals surface area contributed by atoms with Crippen molar-refractivity contribution in [3.63, 3.8) is 0 Å². The lowest BCUT2D eigenvalue weighted by atomic mass is 10.1. The standard InChI is InChI=1S/C11H14BrNO/c1-8-10-7-9(12)3-4-11(10)14-6-5-13(8)2/h3-4,7-8H,5-6H2,1-2H3. The van der Waals surface area contributed by atoms with Crippen molar-refractivity contribution in [2.45, 2.75) is 13.0 Å². The fourth-order valence-electron chi connectivity index (χ4n) is 1.71. The number of hydrogen-bond acceptors (Lipinski definition) is 2. The summed E-state index contributed by atoms with van der Waals surface area (Å²) >= 11 is 3.49. The van der Waals surface area contributed by atoms with Gasteiger partial charge in [-0.2, -0.15) is 0 Å². The highest BCUT2D eigenvalue weighted by atomic mass is 79.9. The van der Waals surface area contributed by atoms with Gasteiger partial charge in [0.2, 0.25) is 0 Å². The molecule has 0 fully saturated rings. The summed E-state index contributed by atoms with van der Waals surface area (Å²) in [6.07, 6.45) is 0. The summed E-state index contributed by atoms with van der Waals surface area (Å²) in [5.41, 5.74) is 1.26. The third kappa shape index (κ3) is 1.79. The number of ether oxygens (including phenoxy) is 1. The van der Waals surface area contributed by atoms with Gasteiger partial charge in [0.1, 0.15) is 12.4 Å². The van der Waals surface area contributed by atoms with Crippen molar-refractivity contribution in [3.8, 4) is 5.75 Å². The second-order valence-corrected chi connectivity index (χ2v) is 4.60. The van der Waals surface area contributed by atoms with Gasteiger partial charge in [-0.1, -0.05) is 15.9 Å². The van der Waals surface area contributed by atoms with Gasteiger partial charge in [0, 0.05) is 22.6 Å². The third-order valence-corrected chi connectivity index (χ3v) is 3.28. The number of halogens is 1. The van der Waals surface area contributed by atoms with Crippen molar-refractivity contribution < 1.29 is 4.74 Å². The molecule has 2 rings (SSSR count). The van der Waals surface area contributed by atoms with E-state index in [-0.39, 0.29) is 0 Å². The minimum atomic E-state index is 0.421. The molecular formula is C11H14BrNO. The summed E-state index contributed by atoms with van der Waals surface area (Å²) in [4.78, 5) is 2.30. The van der Waals surface area contributed by atoms with E-state index >= 15 is 0 Å². The predicted molar refractivity (Wildman–Crippen MR) is 60.7 cm³/mol. The Bertz CT molecular complexity index is 340. The van der Waals surface area contributed by atoms with Crippen LogP contribution >= 0.6 is 15.9 Å². The Morgan fingerprint density at radius 2 is 2.29 bits per heavy atom. The molecule has 0 aromatic heterocycles. The first-order valence-corrected chi connectivity index (χ1v) is 5.60. The first-order chi connectivity index (χ1) is 6.68. The van der Waals surface area contributed by atoms with Crippen LogP contribution in [0, 0.1) is 0 Å². The maximum atomic E-state index is 5.68. The van der Waals surface area contributed by atoms with Crippen LogP contribution in [0.2, 0.25) is 0 Å². The molecule has 0 radical (unpaired) electrons. The zero-order chi connectivity index (χ0) is 10.1. The Hall–Kier alpha value is -0.540. The molecule has 0 saturated carbocycles. The van der Waals surface area contributed by atoms with Crippen LogP contribution in [0.5, 0.6) is 5.75 Å². The van der Waals surface area contributed by atoms with Crippen molar-refractivity contribution in [1.82, 2.24) is 4.90 Å². The monoisotopic (exact) mass is 255 g/mol. The molecule has 0 amide bonds. The van der Waals surface area contributed by atoms with E-state index in [1.165, 1.54) is 5.56 Å². The van der Waals surface area contributed by atoms with Crippen molar-refractivity contribution in [2.24, 2.45) is 0 Å². The second kappa shape index (κ2) is 3.91. The molecule has 1 atom stereocenters. The molecule has 0 bridgehead atoms. The van der Waals surface area contributed by atoms with Gasteiger partial charge in [-0.3, -0.25) is 4.90 Å². The maximum absolute atomic E-state index is 5.68. The number of nitrogens with zero attached hydrogens (tertiary/aromatic N) is 1. The molecule has 2 nitrogen and oxygen atoms in total. The van der Waals surface area contributed by atoms with Crippen LogP contribution < -0.4 is 4.74 Å². The van der Waals surface area contributed by atoms with Gasteiger partial charge in [0.05, 0.1) is 0 Å². The minimum Gasteiger partial charge on any atom is -0.492 e. The molecule has 1 aromatic rings. The number of likely N-dealkylation sites (N-methyl/N-ethyl adjacent to an activating group) is 1. The number of rotatable bonds is 0. The summed E-state index contributed by atoms with van der Waals surface area (Å²) in [5, 5.41) is 0. The smallest absolute Gasteiger partial charge is 0.124 e. The van der Waals surface area contributed by atoms with Gasteiger partial charge < -0.3 is 4.74 Å². The van der Waals surface area contributed by atoms with E-state index in [0.717, 1.165) is 23.4 Å². The molecular weight excluding hydrogens is 242 g/mol. The van der Waals surface area contributed by atoms with Crippen molar-refractivity contribution in [3.05, 3.63) is 28.2 Å². The molecule has 76 valence electrons. The Morgan fingerprint density at radius 1 is 1.50 bits per heavy atom. The van der Waals surface area contributed by atoms with Crippen LogP contribution in [0.15, 0.2) is 22.7 Å². The minimum absolute atomic E-state index is 0.421. The van der Waals surface area contributed by atoms with E-state index in [1.807, 2.05) is 12.1 Å². The van der Waals surface area contributed by atoms with E-state index in [2.05, 4.69) is 40.9 Å². The fourth-order valence-corrected chi connectivity index (χ4v) is 2.09. The van der Waals surface area contributed by atoms with E-state index in [1.54, 1.807) is 0 Å². The predicted octanol–water partition coefficient (Wildman–Crippen LogP) is 2.83. The molecule has 0 spiro atoms. The van der Waals surface area contributed by atoms with Crippen molar-refractivity contribution >= 4 is 15.9 Å². The van der Waals surface area contributed by atoms with Crippen LogP contribution in [0.25, 0.3) is 0 Å². The summed E-state index contributed by atoms with van der Waals surface area (Å²) in [7, 11) is 2.13. The molecule has 1 aliphatic rings. The number of hydrogen-bond donors (Lipinski definition) is 0. The zero-order valence-electron chi connectivity index (χ0n) is 8.46. The SMILES string of the molecule is CC1c2cc(Br)ccc2OCCN1C. The topological polar surface area (TPSA) is 12.5 Å². The highest BCUT2D eigenvalue weighted by Crippen LogP contribution is 2.32. The Morgan fingerprint density at radius 3 is 3.07 bits per heavy atom. The van der Waals surface area contributed by atoms with Crippen molar-refractivity contribution in [1.29, 1.82) is 0 Å².